The Bertz CT molecular complexity index is 723. The molecule has 25 heavy (non-hydrogen) atoms. The minimum absolute atomic E-state index is 0.0897. The van der Waals surface area contributed by atoms with Crippen molar-refractivity contribution in [2.24, 2.45) is 0 Å². The van der Waals surface area contributed by atoms with Crippen LogP contribution in [0.4, 0.5) is 0 Å². The third kappa shape index (κ3) is 4.81. The van der Waals surface area contributed by atoms with Crippen LogP contribution < -0.4 is 5.32 Å². The molecule has 1 saturated carbocycles. The van der Waals surface area contributed by atoms with Crippen molar-refractivity contribution in [3.63, 3.8) is 0 Å². The van der Waals surface area contributed by atoms with Gasteiger partial charge in [0.05, 0.1) is 5.25 Å². The van der Waals surface area contributed by atoms with Gasteiger partial charge in [0.1, 0.15) is 4.75 Å². The van der Waals surface area contributed by atoms with E-state index >= 15 is 0 Å². The summed E-state index contributed by atoms with van der Waals surface area (Å²) in [6, 6.07) is 8.97. The third-order valence-corrected chi connectivity index (χ3v) is 7.55. The Morgan fingerprint density at radius 1 is 1.24 bits per heavy atom. The number of hydrogen-bond acceptors (Lipinski definition) is 4. The summed E-state index contributed by atoms with van der Waals surface area (Å²) in [6.07, 6.45) is 1.82. The number of aliphatic carboxylic acids is 1. The van der Waals surface area contributed by atoms with Crippen molar-refractivity contribution >= 4 is 21.7 Å². The SMILES string of the molecule is CC(C)(C(=O)NC(CCC(=O)O)Cc1ccccc1)S(=O)(=O)C1CC1. The summed E-state index contributed by atoms with van der Waals surface area (Å²) in [4.78, 5) is 23.5. The van der Waals surface area contributed by atoms with Crippen LogP contribution in [0.3, 0.4) is 0 Å². The number of carbonyl (C=O) groups excluding carboxylic acids is 1. The lowest BCUT2D eigenvalue weighted by Crippen LogP contribution is -2.52. The van der Waals surface area contributed by atoms with Gasteiger partial charge >= 0.3 is 5.97 Å². The van der Waals surface area contributed by atoms with Gasteiger partial charge in [0.25, 0.3) is 0 Å². The molecule has 1 aromatic rings. The molecular weight excluding hydrogens is 342 g/mol. The van der Waals surface area contributed by atoms with Crippen molar-refractivity contribution in [3.8, 4) is 0 Å². The molecule has 1 aliphatic rings. The van der Waals surface area contributed by atoms with E-state index in [1.165, 1.54) is 13.8 Å². The van der Waals surface area contributed by atoms with E-state index in [9.17, 15) is 18.0 Å². The predicted molar refractivity (Wildman–Crippen MR) is 95.0 cm³/mol. The number of carboxylic acids is 1. The van der Waals surface area contributed by atoms with Crippen LogP contribution in [0.25, 0.3) is 0 Å². The predicted octanol–water partition coefficient (Wildman–Crippen LogP) is 1.93. The summed E-state index contributed by atoms with van der Waals surface area (Å²) < 4.78 is 23.5. The number of carboxylic acid groups (broad SMARTS) is 1. The number of sulfone groups is 1. The van der Waals surface area contributed by atoms with Crippen LogP contribution in [0.5, 0.6) is 0 Å². The summed E-state index contributed by atoms with van der Waals surface area (Å²) in [5.41, 5.74) is 0.959. The molecule has 2 N–H and O–H groups in total. The molecule has 1 aromatic carbocycles. The van der Waals surface area contributed by atoms with Crippen molar-refractivity contribution in [2.45, 2.75) is 62.0 Å². The van der Waals surface area contributed by atoms with E-state index in [0.29, 0.717) is 19.3 Å². The van der Waals surface area contributed by atoms with Crippen LogP contribution >= 0.6 is 0 Å². The largest absolute Gasteiger partial charge is 0.481 e. The normalized spacial score (nSPS) is 16.2. The van der Waals surface area contributed by atoms with Gasteiger partial charge in [-0.1, -0.05) is 30.3 Å². The molecule has 1 unspecified atom stereocenters. The Morgan fingerprint density at radius 3 is 2.36 bits per heavy atom. The highest BCUT2D eigenvalue weighted by molar-refractivity contribution is 7.94. The minimum atomic E-state index is -3.54. The Hall–Kier alpha value is -1.89. The van der Waals surface area contributed by atoms with Crippen LogP contribution in [0.2, 0.25) is 0 Å². The van der Waals surface area contributed by atoms with Gasteiger partial charge in [-0.05, 0) is 45.1 Å². The molecule has 0 aliphatic heterocycles. The van der Waals surface area contributed by atoms with Crippen LogP contribution in [0.15, 0.2) is 30.3 Å². The van der Waals surface area contributed by atoms with Crippen molar-refractivity contribution in [1.82, 2.24) is 5.32 Å². The maximum absolute atomic E-state index is 12.7. The number of amides is 1. The molecular formula is C18H25NO5S. The van der Waals surface area contributed by atoms with E-state index in [0.717, 1.165) is 5.56 Å². The fourth-order valence-corrected chi connectivity index (χ4v) is 4.61. The van der Waals surface area contributed by atoms with Crippen LogP contribution in [0, 0.1) is 0 Å². The van der Waals surface area contributed by atoms with Gasteiger partial charge in [-0.15, -0.1) is 0 Å². The van der Waals surface area contributed by atoms with Crippen molar-refractivity contribution in [2.75, 3.05) is 0 Å². The summed E-state index contributed by atoms with van der Waals surface area (Å²) in [6.45, 7) is 2.85. The number of nitrogens with one attached hydrogen (secondary N) is 1. The first-order chi connectivity index (χ1) is 11.6. The van der Waals surface area contributed by atoms with E-state index in [4.69, 9.17) is 5.11 Å². The zero-order valence-electron chi connectivity index (χ0n) is 14.6. The summed E-state index contributed by atoms with van der Waals surface area (Å²) in [7, 11) is -3.54. The average Bonchev–Trinajstić information content (AvgIpc) is 3.38. The maximum Gasteiger partial charge on any atom is 0.303 e. The quantitative estimate of drug-likeness (QED) is 0.695. The second-order valence-electron chi connectivity index (χ2n) is 7.05. The fraction of sp³-hybridized carbons (Fsp3) is 0.556. The summed E-state index contributed by atoms with van der Waals surface area (Å²) in [5.74, 6) is -1.51. The van der Waals surface area contributed by atoms with Crippen molar-refractivity contribution < 1.29 is 23.1 Å². The van der Waals surface area contributed by atoms with E-state index in [2.05, 4.69) is 5.32 Å². The van der Waals surface area contributed by atoms with Crippen LogP contribution in [-0.2, 0) is 25.8 Å². The Balaban J connectivity index is 2.11. The van der Waals surface area contributed by atoms with E-state index < -0.39 is 37.8 Å². The van der Waals surface area contributed by atoms with Crippen molar-refractivity contribution in [1.29, 1.82) is 0 Å². The standard InChI is InChI=1S/C18H25NO5S/c1-18(2,25(23,24)15-9-10-15)17(22)19-14(8-11-16(20)21)12-13-6-4-3-5-7-13/h3-7,14-15H,8-12H2,1-2H3,(H,19,22)(H,20,21). The monoisotopic (exact) mass is 367 g/mol. The second-order valence-corrected chi connectivity index (χ2v) is 9.82. The van der Waals surface area contributed by atoms with Gasteiger partial charge < -0.3 is 10.4 Å². The third-order valence-electron chi connectivity index (χ3n) is 4.59. The first-order valence-corrected chi connectivity index (χ1v) is 9.99. The average molecular weight is 367 g/mol. The Morgan fingerprint density at radius 2 is 1.84 bits per heavy atom. The van der Waals surface area contributed by atoms with Gasteiger partial charge in [-0.3, -0.25) is 9.59 Å². The second kappa shape index (κ2) is 7.56. The Labute approximate surface area is 148 Å². The highest BCUT2D eigenvalue weighted by Gasteiger charge is 2.50. The molecule has 6 nitrogen and oxygen atoms in total. The zero-order chi connectivity index (χ0) is 18.7. The number of rotatable bonds is 9. The molecule has 1 amide bonds. The first-order valence-electron chi connectivity index (χ1n) is 8.44. The topological polar surface area (TPSA) is 101 Å². The zero-order valence-corrected chi connectivity index (χ0v) is 15.4. The van der Waals surface area contributed by atoms with Gasteiger partial charge in [-0.2, -0.15) is 0 Å². The molecule has 1 fully saturated rings. The van der Waals surface area contributed by atoms with E-state index in [-0.39, 0.29) is 12.8 Å². The molecule has 138 valence electrons. The molecule has 1 atom stereocenters. The molecule has 0 bridgehead atoms. The van der Waals surface area contributed by atoms with Gasteiger partial charge in [-0.25, -0.2) is 8.42 Å². The maximum atomic E-state index is 12.7. The number of benzene rings is 1. The minimum Gasteiger partial charge on any atom is -0.481 e. The van der Waals surface area contributed by atoms with Crippen molar-refractivity contribution in [3.05, 3.63) is 35.9 Å². The highest BCUT2D eigenvalue weighted by Crippen LogP contribution is 2.36. The van der Waals surface area contributed by atoms with E-state index in [1.807, 2.05) is 30.3 Å². The fourth-order valence-electron chi connectivity index (χ4n) is 2.70. The van der Waals surface area contributed by atoms with E-state index in [1.54, 1.807) is 0 Å². The number of hydrogen-bond donors (Lipinski definition) is 2. The molecule has 0 heterocycles. The molecule has 2 rings (SSSR count). The molecule has 7 heteroatoms. The van der Waals surface area contributed by atoms with Crippen LogP contribution in [-0.4, -0.2) is 41.4 Å². The van der Waals surface area contributed by atoms with Gasteiger partial charge in [0.15, 0.2) is 9.84 Å². The van der Waals surface area contributed by atoms with Crippen LogP contribution in [0.1, 0.15) is 45.1 Å². The van der Waals surface area contributed by atoms with Gasteiger partial charge in [0.2, 0.25) is 5.91 Å². The summed E-state index contributed by atoms with van der Waals surface area (Å²) in [5, 5.41) is 11.3. The molecule has 0 radical (unpaired) electrons. The highest BCUT2D eigenvalue weighted by atomic mass is 32.2. The van der Waals surface area contributed by atoms with Gasteiger partial charge in [0, 0.05) is 12.5 Å². The lowest BCUT2D eigenvalue weighted by Gasteiger charge is -2.27. The molecule has 0 saturated heterocycles. The number of carbonyl (C=O) groups is 2. The Kier molecular flexibility index (Phi) is 5.87. The lowest BCUT2D eigenvalue weighted by molar-refractivity contribution is -0.137. The molecule has 1 aliphatic carbocycles. The lowest BCUT2D eigenvalue weighted by atomic mass is 10.0. The smallest absolute Gasteiger partial charge is 0.303 e. The molecule has 0 spiro atoms. The summed E-state index contributed by atoms with van der Waals surface area (Å²) >= 11 is 0. The molecule has 0 aromatic heterocycles. The first kappa shape index (κ1) is 19.4.